The summed E-state index contributed by atoms with van der Waals surface area (Å²) < 4.78 is 56.9. The minimum atomic E-state index is -4.80. The molecule has 1 aromatic carbocycles. The van der Waals surface area contributed by atoms with Gasteiger partial charge in [0.15, 0.2) is 17.8 Å². The third-order valence-electron chi connectivity index (χ3n) is 2.35. The summed E-state index contributed by atoms with van der Waals surface area (Å²) in [6.45, 7) is 0.742. The van der Waals surface area contributed by atoms with E-state index in [-0.39, 0.29) is 5.75 Å². The Hall–Kier alpha value is -0.990. The van der Waals surface area contributed by atoms with Gasteiger partial charge >= 0.3 is 6.36 Å². The molecule has 1 fully saturated rings. The van der Waals surface area contributed by atoms with Crippen LogP contribution >= 0.6 is 15.9 Å². The van der Waals surface area contributed by atoms with E-state index in [1.54, 1.807) is 6.07 Å². The van der Waals surface area contributed by atoms with Gasteiger partial charge in [-0.2, -0.15) is 0 Å². The van der Waals surface area contributed by atoms with Gasteiger partial charge in [-0.15, -0.1) is 13.2 Å². The molecule has 1 aliphatic heterocycles. The second-order valence-corrected chi connectivity index (χ2v) is 4.56. The molecule has 2 rings (SSSR count). The number of ether oxygens (including phenoxy) is 4. The topological polar surface area (TPSA) is 36.9 Å². The standard InChI is InChI=1S/C11H10BrF3O4/c1-16-9-7(10-17-2-3-18-10)4-6(12)5-8(9)19-11(13,14)15/h4-5,10H,2-3H2,1H3. The fraction of sp³-hybridized carbons (Fsp3) is 0.455. The highest BCUT2D eigenvalue weighted by Crippen LogP contribution is 2.42. The molecule has 0 aliphatic carbocycles. The first-order chi connectivity index (χ1) is 8.90. The van der Waals surface area contributed by atoms with Crippen molar-refractivity contribution in [1.82, 2.24) is 0 Å². The van der Waals surface area contributed by atoms with Crippen molar-refractivity contribution in [2.24, 2.45) is 0 Å². The van der Waals surface area contributed by atoms with Crippen molar-refractivity contribution in [3.8, 4) is 11.5 Å². The summed E-state index contributed by atoms with van der Waals surface area (Å²) in [6.07, 6.45) is -5.56. The van der Waals surface area contributed by atoms with Gasteiger partial charge in [-0.1, -0.05) is 15.9 Å². The van der Waals surface area contributed by atoms with Crippen molar-refractivity contribution in [3.05, 3.63) is 22.2 Å². The van der Waals surface area contributed by atoms with Crippen LogP contribution < -0.4 is 9.47 Å². The molecule has 0 bridgehead atoms. The molecule has 19 heavy (non-hydrogen) atoms. The monoisotopic (exact) mass is 342 g/mol. The highest BCUT2D eigenvalue weighted by atomic mass is 79.9. The minimum absolute atomic E-state index is 0.0626. The Bertz CT molecular complexity index is 458. The van der Waals surface area contributed by atoms with Crippen molar-refractivity contribution in [3.63, 3.8) is 0 Å². The second kappa shape index (κ2) is 5.56. The molecule has 8 heteroatoms. The summed E-state index contributed by atoms with van der Waals surface area (Å²) in [4.78, 5) is 0. The number of hydrogen-bond acceptors (Lipinski definition) is 4. The Labute approximate surface area is 115 Å². The van der Waals surface area contributed by atoms with E-state index in [2.05, 4.69) is 20.7 Å². The van der Waals surface area contributed by atoms with Crippen molar-refractivity contribution in [2.45, 2.75) is 12.7 Å². The predicted molar refractivity (Wildman–Crippen MR) is 62.0 cm³/mol. The summed E-state index contributed by atoms with van der Waals surface area (Å²) >= 11 is 3.12. The van der Waals surface area contributed by atoms with Crippen LogP contribution in [0, 0.1) is 0 Å². The number of benzene rings is 1. The molecule has 0 radical (unpaired) electrons. The van der Waals surface area contributed by atoms with Gasteiger partial charge in [0.25, 0.3) is 0 Å². The third kappa shape index (κ3) is 3.52. The van der Waals surface area contributed by atoms with E-state index in [1.165, 1.54) is 13.2 Å². The molecule has 1 aliphatic rings. The van der Waals surface area contributed by atoms with E-state index in [4.69, 9.17) is 14.2 Å². The Morgan fingerprint density at radius 2 is 1.89 bits per heavy atom. The van der Waals surface area contributed by atoms with Gasteiger partial charge in [-0.25, -0.2) is 0 Å². The van der Waals surface area contributed by atoms with Gasteiger partial charge in [0.2, 0.25) is 0 Å². The van der Waals surface area contributed by atoms with Crippen LogP contribution in [-0.4, -0.2) is 26.7 Å². The van der Waals surface area contributed by atoms with Gasteiger partial charge in [0.1, 0.15) is 0 Å². The lowest BCUT2D eigenvalue weighted by molar-refractivity contribution is -0.275. The summed E-state index contributed by atoms with van der Waals surface area (Å²) in [7, 11) is 1.25. The molecule has 0 aromatic heterocycles. The molecule has 0 amide bonds. The molecule has 0 saturated carbocycles. The lowest BCUT2D eigenvalue weighted by atomic mass is 10.1. The molecule has 0 N–H and O–H groups in total. The first kappa shape index (κ1) is 14.4. The van der Waals surface area contributed by atoms with E-state index in [0.29, 0.717) is 23.2 Å². The number of alkyl halides is 3. The van der Waals surface area contributed by atoms with Gasteiger partial charge in [0.05, 0.1) is 25.9 Å². The second-order valence-electron chi connectivity index (χ2n) is 3.65. The van der Waals surface area contributed by atoms with Crippen LogP contribution in [0.15, 0.2) is 16.6 Å². The van der Waals surface area contributed by atoms with Crippen LogP contribution in [0.25, 0.3) is 0 Å². The van der Waals surface area contributed by atoms with Crippen LogP contribution in [-0.2, 0) is 9.47 Å². The van der Waals surface area contributed by atoms with Gasteiger partial charge < -0.3 is 18.9 Å². The van der Waals surface area contributed by atoms with Crippen molar-refractivity contribution in [2.75, 3.05) is 20.3 Å². The average Bonchev–Trinajstić information content (AvgIpc) is 2.79. The smallest absolute Gasteiger partial charge is 0.492 e. The molecule has 0 spiro atoms. The maximum atomic E-state index is 12.3. The predicted octanol–water partition coefficient (Wildman–Crippen LogP) is 3.40. The first-order valence-corrected chi connectivity index (χ1v) is 6.06. The van der Waals surface area contributed by atoms with Crippen molar-refractivity contribution in [1.29, 1.82) is 0 Å². The third-order valence-corrected chi connectivity index (χ3v) is 2.81. The molecule has 1 aromatic rings. The van der Waals surface area contributed by atoms with E-state index in [9.17, 15) is 13.2 Å². The molecule has 4 nitrogen and oxygen atoms in total. The Morgan fingerprint density at radius 3 is 2.42 bits per heavy atom. The fourth-order valence-electron chi connectivity index (χ4n) is 1.72. The lowest BCUT2D eigenvalue weighted by Gasteiger charge is -2.18. The zero-order chi connectivity index (χ0) is 14.0. The summed E-state index contributed by atoms with van der Waals surface area (Å²) in [5.41, 5.74) is 0.341. The average molecular weight is 343 g/mol. The number of methoxy groups -OCH3 is 1. The van der Waals surface area contributed by atoms with Gasteiger partial charge in [-0.05, 0) is 12.1 Å². The molecule has 0 atom stereocenters. The largest absolute Gasteiger partial charge is 0.573 e. The highest BCUT2D eigenvalue weighted by Gasteiger charge is 2.34. The number of hydrogen-bond donors (Lipinski definition) is 0. The van der Waals surface area contributed by atoms with Crippen LogP contribution in [0.5, 0.6) is 11.5 Å². The lowest BCUT2D eigenvalue weighted by Crippen LogP contribution is -2.18. The Morgan fingerprint density at radius 1 is 1.26 bits per heavy atom. The highest BCUT2D eigenvalue weighted by molar-refractivity contribution is 9.10. The van der Waals surface area contributed by atoms with Gasteiger partial charge in [0, 0.05) is 4.47 Å². The fourth-order valence-corrected chi connectivity index (χ4v) is 2.18. The van der Waals surface area contributed by atoms with Crippen LogP contribution in [0.3, 0.4) is 0 Å². The summed E-state index contributed by atoms with van der Waals surface area (Å²) in [5.74, 6) is -0.508. The van der Waals surface area contributed by atoms with Gasteiger partial charge in [-0.3, -0.25) is 0 Å². The molecular weight excluding hydrogens is 333 g/mol. The van der Waals surface area contributed by atoms with Crippen LogP contribution in [0.1, 0.15) is 11.9 Å². The molecule has 1 saturated heterocycles. The zero-order valence-electron chi connectivity index (χ0n) is 9.79. The van der Waals surface area contributed by atoms with E-state index < -0.39 is 18.4 Å². The molecule has 0 unspecified atom stereocenters. The maximum absolute atomic E-state index is 12.3. The Balaban J connectivity index is 2.42. The van der Waals surface area contributed by atoms with E-state index in [0.717, 1.165) is 0 Å². The summed E-state index contributed by atoms with van der Waals surface area (Å²) in [6, 6.07) is 2.74. The van der Waals surface area contributed by atoms with Crippen LogP contribution in [0.2, 0.25) is 0 Å². The SMILES string of the molecule is COc1c(OC(F)(F)F)cc(Br)cc1C1OCCO1. The van der Waals surface area contributed by atoms with Crippen LogP contribution in [0.4, 0.5) is 13.2 Å². The maximum Gasteiger partial charge on any atom is 0.573 e. The zero-order valence-corrected chi connectivity index (χ0v) is 11.4. The molecule has 1 heterocycles. The van der Waals surface area contributed by atoms with Crippen molar-refractivity contribution >= 4 is 15.9 Å². The Kier molecular flexibility index (Phi) is 4.22. The van der Waals surface area contributed by atoms with Crippen molar-refractivity contribution < 1.29 is 32.1 Å². The normalized spacial score (nSPS) is 16.7. The molecule has 106 valence electrons. The quantitative estimate of drug-likeness (QED) is 0.843. The van der Waals surface area contributed by atoms with E-state index in [1.807, 2.05) is 0 Å². The number of rotatable bonds is 3. The molecular formula is C11H10BrF3O4. The minimum Gasteiger partial charge on any atom is -0.492 e. The number of halogens is 4. The first-order valence-electron chi connectivity index (χ1n) is 5.27. The van der Waals surface area contributed by atoms with E-state index >= 15 is 0 Å². The summed E-state index contributed by atoms with van der Waals surface area (Å²) in [5, 5.41) is 0.